The summed E-state index contributed by atoms with van der Waals surface area (Å²) in [4.78, 5) is 0. The fraction of sp³-hybridized carbons (Fsp3) is 0.688. The molecule has 0 amide bonds. The van der Waals surface area contributed by atoms with Gasteiger partial charge in [0.1, 0.15) is 6.10 Å². The summed E-state index contributed by atoms with van der Waals surface area (Å²) in [5.74, 6) is 0. The van der Waals surface area contributed by atoms with Gasteiger partial charge in [0, 0.05) is 0 Å². The zero-order chi connectivity index (χ0) is 26.7. The van der Waals surface area contributed by atoms with E-state index in [2.05, 4.69) is 76.9 Å². The van der Waals surface area contributed by atoms with Gasteiger partial charge in [0.15, 0.2) is 8.32 Å². The van der Waals surface area contributed by atoms with E-state index in [9.17, 15) is 0 Å². The molecule has 37 heavy (non-hydrogen) atoms. The second-order valence-corrected chi connectivity index (χ2v) is 17.2. The van der Waals surface area contributed by atoms with Gasteiger partial charge in [0.25, 0.3) is 0 Å². The lowest BCUT2D eigenvalue weighted by molar-refractivity contribution is -0.102. The zero-order valence-electron chi connectivity index (χ0n) is 24.1. The molecule has 0 unspecified atom stereocenters. The Kier molecular flexibility index (Phi) is 12.1. The van der Waals surface area contributed by atoms with Crippen molar-refractivity contribution in [2.75, 3.05) is 6.61 Å². The van der Waals surface area contributed by atoms with E-state index in [0.717, 1.165) is 38.5 Å². The Bertz CT molecular complexity index is 816. The highest BCUT2D eigenvalue weighted by atomic mass is 28.4. The van der Waals surface area contributed by atoms with Crippen LogP contribution in [0.15, 0.2) is 55.1 Å². The molecule has 208 valence electrons. The van der Waals surface area contributed by atoms with Gasteiger partial charge in [-0.25, -0.2) is 0 Å². The van der Waals surface area contributed by atoms with Crippen molar-refractivity contribution >= 4 is 8.32 Å². The Hall–Kier alpha value is -1.24. The van der Waals surface area contributed by atoms with Gasteiger partial charge in [0.2, 0.25) is 0 Å². The molecule has 2 heterocycles. The number of benzene rings is 1. The Balaban J connectivity index is 1.50. The van der Waals surface area contributed by atoms with E-state index >= 15 is 0 Å². The Labute approximate surface area is 227 Å². The molecule has 0 aromatic heterocycles. The smallest absolute Gasteiger partial charge is 0.192 e. The van der Waals surface area contributed by atoms with Crippen molar-refractivity contribution in [3.05, 3.63) is 60.7 Å². The SMILES string of the molecule is C=CCCCCC/C=C/[C@@H](OCc1ccccc1)[C@H]1CC[C@H]([C@H]2CC[C@H](CO[Si](C)(C)C(C)(C)C)O2)O1. The van der Waals surface area contributed by atoms with E-state index in [4.69, 9.17) is 18.6 Å². The van der Waals surface area contributed by atoms with E-state index in [1.165, 1.54) is 24.8 Å². The highest BCUT2D eigenvalue weighted by Crippen LogP contribution is 2.38. The Morgan fingerprint density at radius 3 is 2.41 bits per heavy atom. The fourth-order valence-corrected chi connectivity index (χ4v) is 5.90. The van der Waals surface area contributed by atoms with Crippen LogP contribution in [0.5, 0.6) is 0 Å². The normalized spacial score (nSPS) is 25.6. The molecular weight excluding hydrogens is 476 g/mol. The van der Waals surface area contributed by atoms with Gasteiger partial charge in [-0.3, -0.25) is 0 Å². The molecule has 3 rings (SSSR count). The van der Waals surface area contributed by atoms with E-state index in [-0.39, 0.29) is 35.6 Å². The number of hydrogen-bond acceptors (Lipinski definition) is 4. The van der Waals surface area contributed by atoms with Crippen LogP contribution in [0.1, 0.15) is 84.1 Å². The lowest BCUT2D eigenvalue weighted by Crippen LogP contribution is -2.42. The summed E-state index contributed by atoms with van der Waals surface area (Å²) in [7, 11) is -1.75. The van der Waals surface area contributed by atoms with Crippen LogP contribution in [-0.2, 0) is 25.2 Å². The zero-order valence-corrected chi connectivity index (χ0v) is 25.1. The van der Waals surface area contributed by atoms with Crippen molar-refractivity contribution in [3.63, 3.8) is 0 Å². The van der Waals surface area contributed by atoms with E-state index in [1.807, 2.05) is 12.1 Å². The van der Waals surface area contributed by atoms with Crippen molar-refractivity contribution in [2.45, 2.75) is 134 Å². The van der Waals surface area contributed by atoms with Gasteiger partial charge in [-0.05, 0) is 75.1 Å². The molecule has 1 aromatic carbocycles. The molecule has 0 saturated carbocycles. The summed E-state index contributed by atoms with van der Waals surface area (Å²) in [6, 6.07) is 10.4. The van der Waals surface area contributed by atoms with Crippen LogP contribution >= 0.6 is 0 Å². The first-order chi connectivity index (χ1) is 17.7. The van der Waals surface area contributed by atoms with Gasteiger partial charge in [-0.2, -0.15) is 0 Å². The van der Waals surface area contributed by atoms with Gasteiger partial charge in [0.05, 0.1) is 37.6 Å². The summed E-state index contributed by atoms with van der Waals surface area (Å²) < 4.78 is 25.9. The second-order valence-electron chi connectivity index (χ2n) is 12.4. The second kappa shape index (κ2) is 14.8. The topological polar surface area (TPSA) is 36.9 Å². The molecule has 5 atom stereocenters. The van der Waals surface area contributed by atoms with Crippen molar-refractivity contribution in [1.82, 2.24) is 0 Å². The maximum absolute atomic E-state index is 6.61. The average molecular weight is 529 g/mol. The molecule has 5 heteroatoms. The number of allylic oxidation sites excluding steroid dienone is 2. The van der Waals surface area contributed by atoms with Crippen molar-refractivity contribution in [3.8, 4) is 0 Å². The third-order valence-electron chi connectivity index (χ3n) is 8.33. The Morgan fingerprint density at radius 2 is 1.68 bits per heavy atom. The van der Waals surface area contributed by atoms with E-state index < -0.39 is 8.32 Å². The maximum atomic E-state index is 6.61. The van der Waals surface area contributed by atoms with E-state index in [1.54, 1.807) is 0 Å². The van der Waals surface area contributed by atoms with Gasteiger partial charge in [-0.15, -0.1) is 6.58 Å². The van der Waals surface area contributed by atoms with Crippen LogP contribution in [0, 0.1) is 0 Å². The summed E-state index contributed by atoms with van der Waals surface area (Å²) in [5, 5.41) is 0.223. The van der Waals surface area contributed by atoms with Crippen LogP contribution in [0.3, 0.4) is 0 Å². The van der Waals surface area contributed by atoms with Crippen LogP contribution in [0.2, 0.25) is 18.1 Å². The van der Waals surface area contributed by atoms with Crippen LogP contribution < -0.4 is 0 Å². The maximum Gasteiger partial charge on any atom is 0.192 e. The summed E-state index contributed by atoms with van der Waals surface area (Å²) in [6.45, 7) is 16.6. The molecule has 0 bridgehead atoms. The minimum Gasteiger partial charge on any atom is -0.414 e. The molecule has 0 aliphatic carbocycles. The lowest BCUT2D eigenvalue weighted by Gasteiger charge is -2.37. The minimum atomic E-state index is -1.75. The summed E-state index contributed by atoms with van der Waals surface area (Å²) >= 11 is 0. The molecule has 2 fully saturated rings. The molecule has 1 aromatic rings. The van der Waals surface area contributed by atoms with Crippen molar-refractivity contribution in [1.29, 1.82) is 0 Å². The third kappa shape index (κ3) is 9.78. The summed E-state index contributed by atoms with van der Waals surface area (Å²) in [6.07, 6.45) is 17.1. The first kappa shape index (κ1) is 30.3. The summed E-state index contributed by atoms with van der Waals surface area (Å²) in [5.41, 5.74) is 1.20. The molecule has 0 spiro atoms. The number of rotatable bonds is 15. The standard InChI is InChI=1S/C32H52O4Si/c1-7-8-9-10-11-12-16-19-28(33-24-26-17-14-13-15-18-26)29-22-23-31(36-29)30-21-20-27(35-30)25-34-37(5,6)32(2,3)4/h7,13-19,27-31H,1,8-12,20-25H2,2-6H3/b19-16+/t27-,28-,29-,30-,31-/m1/s1. The van der Waals surface area contributed by atoms with Crippen LogP contribution in [-0.4, -0.2) is 45.4 Å². The van der Waals surface area contributed by atoms with Crippen molar-refractivity contribution < 1.29 is 18.6 Å². The van der Waals surface area contributed by atoms with Gasteiger partial charge >= 0.3 is 0 Å². The molecule has 2 aliphatic heterocycles. The van der Waals surface area contributed by atoms with Gasteiger partial charge in [-0.1, -0.05) is 75.8 Å². The molecule has 2 aliphatic rings. The first-order valence-corrected chi connectivity index (χ1v) is 17.5. The predicted octanol–water partition coefficient (Wildman–Crippen LogP) is 8.38. The first-order valence-electron chi connectivity index (χ1n) is 14.6. The predicted molar refractivity (Wildman–Crippen MR) is 156 cm³/mol. The number of hydrogen-bond donors (Lipinski definition) is 0. The quantitative estimate of drug-likeness (QED) is 0.130. The molecule has 0 radical (unpaired) electrons. The highest BCUT2D eigenvalue weighted by Gasteiger charge is 2.41. The molecular formula is C32H52O4Si. The molecule has 4 nitrogen and oxygen atoms in total. The number of ether oxygens (including phenoxy) is 3. The van der Waals surface area contributed by atoms with Gasteiger partial charge < -0.3 is 18.6 Å². The van der Waals surface area contributed by atoms with E-state index in [0.29, 0.717) is 13.2 Å². The number of unbranched alkanes of at least 4 members (excludes halogenated alkanes) is 4. The van der Waals surface area contributed by atoms with Crippen molar-refractivity contribution in [2.24, 2.45) is 0 Å². The molecule has 0 N–H and O–H groups in total. The third-order valence-corrected chi connectivity index (χ3v) is 12.8. The average Bonchev–Trinajstić information content (AvgIpc) is 3.54. The highest BCUT2D eigenvalue weighted by molar-refractivity contribution is 6.74. The monoisotopic (exact) mass is 528 g/mol. The fourth-order valence-electron chi connectivity index (χ4n) is 4.86. The largest absolute Gasteiger partial charge is 0.414 e. The molecule has 2 saturated heterocycles. The van der Waals surface area contributed by atoms with Crippen LogP contribution in [0.25, 0.3) is 0 Å². The minimum absolute atomic E-state index is 0.0301. The lowest BCUT2D eigenvalue weighted by atomic mass is 10.0. The Morgan fingerprint density at radius 1 is 0.973 bits per heavy atom. The van der Waals surface area contributed by atoms with Crippen LogP contribution in [0.4, 0.5) is 0 Å².